The van der Waals surface area contributed by atoms with Gasteiger partial charge >= 0.3 is 0 Å². The van der Waals surface area contributed by atoms with Crippen LogP contribution < -0.4 is 20.4 Å². The largest absolute Gasteiger partial charge is 0.338 e. The van der Waals surface area contributed by atoms with Crippen LogP contribution in [0.2, 0.25) is 0 Å². The van der Waals surface area contributed by atoms with Gasteiger partial charge in [0.05, 0.1) is 0 Å². The van der Waals surface area contributed by atoms with Gasteiger partial charge in [-0.15, -0.1) is 0 Å². The number of unbranched alkanes of at least 4 members (excludes halogenated alkanes) is 2. The predicted molar refractivity (Wildman–Crippen MR) is 178 cm³/mol. The maximum absolute atomic E-state index is 5.40. The van der Waals surface area contributed by atoms with Crippen molar-refractivity contribution in [2.45, 2.75) is 155 Å². The highest BCUT2D eigenvalue weighted by Gasteiger charge is 2.42. The summed E-state index contributed by atoms with van der Waals surface area (Å²) in [4.78, 5) is 20.9. The Morgan fingerprint density at radius 2 is 1.00 bits per heavy atom. The van der Waals surface area contributed by atoms with Crippen molar-refractivity contribution in [3.63, 3.8) is 0 Å². The van der Waals surface area contributed by atoms with Crippen molar-refractivity contribution in [3.05, 3.63) is 30.3 Å². The molecule has 0 amide bonds. The van der Waals surface area contributed by atoms with E-state index in [1.165, 1.54) is 0 Å². The van der Waals surface area contributed by atoms with E-state index in [9.17, 15) is 0 Å². The molecule has 4 rings (SSSR count). The van der Waals surface area contributed by atoms with E-state index in [1.54, 1.807) is 0 Å². The van der Waals surface area contributed by atoms with Crippen molar-refractivity contribution < 1.29 is 0 Å². The summed E-state index contributed by atoms with van der Waals surface area (Å²) >= 11 is 0. The van der Waals surface area contributed by atoms with E-state index in [0.717, 1.165) is 87.7 Å². The fourth-order valence-corrected chi connectivity index (χ4v) is 7.85. The Labute approximate surface area is 256 Å². The van der Waals surface area contributed by atoms with Crippen molar-refractivity contribution in [3.8, 4) is 11.4 Å². The number of hydrogen-bond acceptors (Lipinski definition) is 7. The highest BCUT2D eigenvalue weighted by Crippen LogP contribution is 2.36. The summed E-state index contributed by atoms with van der Waals surface area (Å²) in [6, 6.07) is 11.2. The van der Waals surface area contributed by atoms with Crippen LogP contribution in [0.5, 0.6) is 0 Å². The Balaban J connectivity index is 1.85. The van der Waals surface area contributed by atoms with Gasteiger partial charge in [-0.25, -0.2) is 0 Å². The van der Waals surface area contributed by atoms with Crippen molar-refractivity contribution >= 4 is 11.9 Å². The molecule has 42 heavy (non-hydrogen) atoms. The Hall–Kier alpha value is -2.25. The van der Waals surface area contributed by atoms with E-state index >= 15 is 0 Å². The molecule has 0 saturated carbocycles. The van der Waals surface area contributed by atoms with Crippen LogP contribution in [-0.4, -0.2) is 62.3 Å². The molecule has 2 saturated heterocycles. The lowest BCUT2D eigenvalue weighted by molar-refractivity contribution is 0.157. The molecule has 0 unspecified atom stereocenters. The molecule has 0 bridgehead atoms. The van der Waals surface area contributed by atoms with Crippen molar-refractivity contribution in [2.75, 3.05) is 22.9 Å². The second kappa shape index (κ2) is 12.8. The molecule has 2 aromatic rings. The quantitative estimate of drug-likeness (QED) is 0.289. The van der Waals surface area contributed by atoms with Crippen LogP contribution >= 0.6 is 0 Å². The molecule has 0 radical (unpaired) electrons. The second-order valence-corrected chi connectivity index (χ2v) is 15.6. The molecule has 2 aliphatic heterocycles. The molecule has 2 N–H and O–H groups in total. The Morgan fingerprint density at radius 3 is 1.36 bits per heavy atom. The van der Waals surface area contributed by atoms with Crippen molar-refractivity contribution in [1.82, 2.24) is 25.6 Å². The molecule has 2 aliphatic rings. The lowest BCUT2D eigenvalue weighted by Crippen LogP contribution is -2.63. The topological polar surface area (TPSA) is 69.2 Å². The van der Waals surface area contributed by atoms with Crippen LogP contribution in [0, 0.1) is 0 Å². The van der Waals surface area contributed by atoms with Crippen LogP contribution in [0.4, 0.5) is 11.9 Å². The van der Waals surface area contributed by atoms with Crippen LogP contribution in [0.25, 0.3) is 11.4 Å². The van der Waals surface area contributed by atoms with E-state index in [4.69, 9.17) is 15.0 Å². The summed E-state index contributed by atoms with van der Waals surface area (Å²) in [6.07, 6.45) is 8.72. The third-order valence-corrected chi connectivity index (χ3v) is 8.88. The molecule has 7 nitrogen and oxygen atoms in total. The fraction of sp³-hybridized carbons (Fsp3) is 0.743. The van der Waals surface area contributed by atoms with Gasteiger partial charge < -0.3 is 20.4 Å². The van der Waals surface area contributed by atoms with Crippen LogP contribution in [0.3, 0.4) is 0 Å². The summed E-state index contributed by atoms with van der Waals surface area (Å²) < 4.78 is 0. The minimum atomic E-state index is 0.0361. The third-order valence-electron chi connectivity index (χ3n) is 8.88. The third kappa shape index (κ3) is 8.43. The SMILES string of the molecule is CCCCN(c1nc(-c2ccccc2)nc(N(CCCC)C2CC(C)(C)NC(C)(C)C2)n1)C1CC(C)(C)NC(C)(C)C1. The minimum Gasteiger partial charge on any atom is -0.338 e. The fourth-order valence-electron chi connectivity index (χ4n) is 7.85. The summed E-state index contributed by atoms with van der Waals surface area (Å²) in [6.45, 7) is 25.1. The Bertz CT molecular complexity index is 1060. The molecule has 1 aromatic heterocycles. The molecule has 3 heterocycles. The molecule has 0 spiro atoms. The van der Waals surface area contributed by atoms with Gasteiger partial charge in [-0.05, 0) is 93.9 Å². The van der Waals surface area contributed by atoms with Gasteiger partial charge in [-0.3, -0.25) is 0 Å². The minimum absolute atomic E-state index is 0.0361. The number of benzene rings is 1. The molecular formula is C35H59N7. The zero-order valence-electron chi connectivity index (χ0n) is 28.3. The van der Waals surface area contributed by atoms with Gasteiger partial charge in [-0.2, -0.15) is 15.0 Å². The van der Waals surface area contributed by atoms with Gasteiger partial charge in [-0.1, -0.05) is 57.0 Å². The number of rotatable bonds is 11. The lowest BCUT2D eigenvalue weighted by Gasteiger charge is -2.50. The maximum atomic E-state index is 5.40. The molecule has 0 atom stereocenters. The van der Waals surface area contributed by atoms with Gasteiger partial charge in [0.1, 0.15) is 0 Å². The second-order valence-electron chi connectivity index (χ2n) is 15.6. The van der Waals surface area contributed by atoms with E-state index in [1.807, 2.05) is 0 Å². The first kappa shape index (κ1) is 32.7. The average molecular weight is 578 g/mol. The van der Waals surface area contributed by atoms with Crippen LogP contribution in [0.15, 0.2) is 30.3 Å². The first-order chi connectivity index (χ1) is 19.6. The zero-order chi connectivity index (χ0) is 30.8. The van der Waals surface area contributed by atoms with Gasteiger partial charge in [0, 0.05) is 52.9 Å². The van der Waals surface area contributed by atoms with Gasteiger partial charge in [0.25, 0.3) is 0 Å². The number of nitrogens with one attached hydrogen (secondary N) is 2. The van der Waals surface area contributed by atoms with E-state index in [2.05, 4.69) is 120 Å². The first-order valence-corrected chi connectivity index (χ1v) is 16.6. The molecule has 2 fully saturated rings. The number of nitrogens with zero attached hydrogens (tertiary/aromatic N) is 5. The summed E-state index contributed by atoms with van der Waals surface area (Å²) in [7, 11) is 0. The Morgan fingerprint density at radius 1 is 0.619 bits per heavy atom. The van der Waals surface area contributed by atoms with Crippen molar-refractivity contribution in [2.24, 2.45) is 0 Å². The number of hydrogen-bond donors (Lipinski definition) is 2. The first-order valence-electron chi connectivity index (χ1n) is 16.6. The summed E-state index contributed by atoms with van der Waals surface area (Å²) in [5.74, 6) is 2.44. The van der Waals surface area contributed by atoms with E-state index < -0.39 is 0 Å². The van der Waals surface area contributed by atoms with Crippen LogP contribution in [-0.2, 0) is 0 Å². The molecular weight excluding hydrogens is 518 g/mol. The smallest absolute Gasteiger partial charge is 0.230 e. The normalized spacial score (nSPS) is 21.7. The monoisotopic (exact) mass is 577 g/mol. The maximum Gasteiger partial charge on any atom is 0.230 e. The number of piperidine rings is 2. The van der Waals surface area contributed by atoms with Gasteiger partial charge in [0.15, 0.2) is 5.82 Å². The Kier molecular flexibility index (Phi) is 9.93. The molecule has 234 valence electrons. The number of aromatic nitrogens is 3. The predicted octanol–water partition coefficient (Wildman–Crippen LogP) is 7.37. The highest BCUT2D eigenvalue weighted by atomic mass is 15.4. The van der Waals surface area contributed by atoms with Crippen LogP contribution in [0.1, 0.15) is 121 Å². The van der Waals surface area contributed by atoms with Crippen molar-refractivity contribution in [1.29, 1.82) is 0 Å². The zero-order valence-corrected chi connectivity index (χ0v) is 28.3. The lowest BCUT2D eigenvalue weighted by atomic mass is 9.79. The van der Waals surface area contributed by atoms with E-state index in [0.29, 0.717) is 12.1 Å². The van der Waals surface area contributed by atoms with Gasteiger partial charge in [0.2, 0.25) is 11.9 Å². The number of anilines is 2. The molecule has 1 aromatic carbocycles. The molecule has 0 aliphatic carbocycles. The highest BCUT2D eigenvalue weighted by molar-refractivity contribution is 5.59. The standard InChI is InChI=1S/C35H59N7/c1-11-13-20-41(27-22-32(3,4)39-33(5,6)23-27)30-36-29(26-18-16-15-17-19-26)37-31(38-30)42(21-14-12-2)28-24-34(7,8)40-35(9,10)25-28/h15-19,27-28,39-40H,11-14,20-25H2,1-10H3. The molecule has 7 heteroatoms. The van der Waals surface area contributed by atoms with E-state index in [-0.39, 0.29) is 22.2 Å². The average Bonchev–Trinajstić information content (AvgIpc) is 2.86. The summed E-state index contributed by atoms with van der Waals surface area (Å²) in [5.41, 5.74) is 1.19. The summed E-state index contributed by atoms with van der Waals surface area (Å²) in [5, 5.41) is 7.76.